The van der Waals surface area contributed by atoms with Gasteiger partial charge in [-0.15, -0.1) is 0 Å². The van der Waals surface area contributed by atoms with Crippen LogP contribution in [0.2, 0.25) is 0 Å². The van der Waals surface area contributed by atoms with E-state index in [1.165, 1.54) is 17.7 Å². The van der Waals surface area contributed by atoms with Gasteiger partial charge in [0.15, 0.2) is 5.11 Å². The molecule has 2 N–H and O–H groups in total. The predicted octanol–water partition coefficient (Wildman–Crippen LogP) is 3.55. The topological polar surface area (TPSA) is 50.9 Å². The summed E-state index contributed by atoms with van der Waals surface area (Å²) in [5.41, 5.74) is 4.08. The van der Waals surface area contributed by atoms with Crippen molar-refractivity contribution in [2.45, 2.75) is 25.8 Å². The van der Waals surface area contributed by atoms with Crippen LogP contribution in [0.25, 0.3) is 0 Å². The van der Waals surface area contributed by atoms with Crippen molar-refractivity contribution in [1.82, 2.24) is 15.1 Å². The number of hydrogen-bond donors (Lipinski definition) is 2. The summed E-state index contributed by atoms with van der Waals surface area (Å²) in [5, 5.41) is 7.05. The first-order valence-corrected chi connectivity index (χ1v) is 12.0. The second-order valence-corrected chi connectivity index (χ2v) is 9.10. The Balaban J connectivity index is 1.23. The number of nitrogens with one attached hydrogen (secondary N) is 2. The summed E-state index contributed by atoms with van der Waals surface area (Å²) < 4.78 is 0. The fourth-order valence-corrected chi connectivity index (χ4v) is 4.41. The first-order valence-electron chi connectivity index (χ1n) is 11.5. The van der Waals surface area contributed by atoms with Crippen molar-refractivity contribution >= 4 is 34.6 Å². The minimum Gasteiger partial charge on any atom is -0.369 e. The monoisotopic (exact) mass is 451 g/mol. The predicted molar refractivity (Wildman–Crippen MR) is 135 cm³/mol. The Morgan fingerprint density at radius 3 is 2.19 bits per heavy atom. The largest absolute Gasteiger partial charge is 0.369 e. The maximum absolute atomic E-state index is 12.6. The van der Waals surface area contributed by atoms with Gasteiger partial charge < -0.3 is 25.3 Å². The molecule has 0 bridgehead atoms. The number of benzene rings is 2. The van der Waals surface area contributed by atoms with Gasteiger partial charge in [0.2, 0.25) is 0 Å². The molecule has 6 nitrogen and oxygen atoms in total. The first kappa shape index (κ1) is 22.6. The molecule has 0 aromatic heterocycles. The molecule has 2 heterocycles. The maximum Gasteiger partial charge on any atom is 0.253 e. The van der Waals surface area contributed by atoms with E-state index in [0.717, 1.165) is 63.4 Å². The van der Waals surface area contributed by atoms with E-state index in [9.17, 15) is 4.79 Å². The molecule has 2 aromatic carbocycles. The van der Waals surface area contributed by atoms with Crippen molar-refractivity contribution in [3.63, 3.8) is 0 Å². The quantitative estimate of drug-likeness (QED) is 0.678. The molecule has 1 amide bonds. The van der Waals surface area contributed by atoms with Gasteiger partial charge >= 0.3 is 0 Å². The molecular formula is C25H33N5OS. The standard InChI is InChI=1S/C25H33N5OS/c1-28-15-17-29(18-16-28)23-11-5-20(6-12-23)19-26-25(32)27-22-9-7-21(8-10-22)24(31)30-13-3-2-4-14-30/h5-12H,2-4,13-19H2,1H3,(H2,26,27,32). The highest BCUT2D eigenvalue weighted by atomic mass is 32.1. The minimum atomic E-state index is 0.122. The average molecular weight is 452 g/mol. The van der Waals surface area contributed by atoms with Gasteiger partial charge in [-0.1, -0.05) is 12.1 Å². The van der Waals surface area contributed by atoms with Crippen LogP contribution in [0, 0.1) is 0 Å². The third-order valence-electron chi connectivity index (χ3n) is 6.29. The van der Waals surface area contributed by atoms with E-state index < -0.39 is 0 Å². The molecule has 7 heteroatoms. The molecule has 0 radical (unpaired) electrons. The lowest BCUT2D eigenvalue weighted by Crippen LogP contribution is -2.44. The van der Waals surface area contributed by atoms with Gasteiger partial charge in [0.05, 0.1) is 0 Å². The third kappa shape index (κ3) is 5.99. The highest BCUT2D eigenvalue weighted by Crippen LogP contribution is 2.18. The zero-order chi connectivity index (χ0) is 22.3. The number of carbonyl (C=O) groups excluding carboxylic acids is 1. The van der Waals surface area contributed by atoms with Crippen LogP contribution in [0.1, 0.15) is 35.2 Å². The molecule has 32 heavy (non-hydrogen) atoms. The Kier molecular flexibility index (Phi) is 7.60. The molecule has 0 aliphatic carbocycles. The lowest BCUT2D eigenvalue weighted by atomic mass is 10.1. The first-order chi connectivity index (χ1) is 15.6. The molecule has 0 saturated carbocycles. The van der Waals surface area contributed by atoms with Gasteiger partial charge in [0, 0.05) is 62.8 Å². The van der Waals surface area contributed by atoms with Crippen LogP contribution in [0.4, 0.5) is 11.4 Å². The summed E-state index contributed by atoms with van der Waals surface area (Å²) in [5.74, 6) is 0.122. The van der Waals surface area contributed by atoms with Gasteiger partial charge in [-0.3, -0.25) is 4.79 Å². The van der Waals surface area contributed by atoms with Crippen molar-refractivity contribution in [1.29, 1.82) is 0 Å². The second-order valence-electron chi connectivity index (χ2n) is 8.69. The molecule has 170 valence electrons. The Labute approximate surface area is 196 Å². The van der Waals surface area contributed by atoms with E-state index in [0.29, 0.717) is 11.7 Å². The smallest absolute Gasteiger partial charge is 0.253 e. The summed E-state index contributed by atoms with van der Waals surface area (Å²) in [6.45, 7) is 6.76. The highest BCUT2D eigenvalue weighted by Gasteiger charge is 2.18. The van der Waals surface area contributed by atoms with E-state index >= 15 is 0 Å². The van der Waals surface area contributed by atoms with E-state index in [1.807, 2.05) is 29.2 Å². The van der Waals surface area contributed by atoms with E-state index in [2.05, 4.69) is 51.7 Å². The van der Waals surface area contributed by atoms with Crippen molar-refractivity contribution in [2.75, 3.05) is 56.5 Å². The number of hydrogen-bond acceptors (Lipinski definition) is 4. The second kappa shape index (κ2) is 10.8. The van der Waals surface area contributed by atoms with Crippen LogP contribution < -0.4 is 15.5 Å². The zero-order valence-electron chi connectivity index (χ0n) is 18.8. The number of piperazine rings is 1. The van der Waals surface area contributed by atoms with Crippen molar-refractivity contribution in [2.24, 2.45) is 0 Å². The van der Waals surface area contributed by atoms with Gasteiger partial charge in [-0.25, -0.2) is 0 Å². The molecule has 2 aliphatic heterocycles. The van der Waals surface area contributed by atoms with Crippen LogP contribution in [0.15, 0.2) is 48.5 Å². The van der Waals surface area contributed by atoms with Crippen LogP contribution in [-0.4, -0.2) is 67.1 Å². The number of piperidine rings is 1. The lowest BCUT2D eigenvalue weighted by Gasteiger charge is -2.34. The Bertz CT molecular complexity index is 901. The number of rotatable bonds is 5. The lowest BCUT2D eigenvalue weighted by molar-refractivity contribution is 0.0724. The van der Waals surface area contributed by atoms with Crippen molar-refractivity contribution in [3.05, 3.63) is 59.7 Å². The van der Waals surface area contributed by atoms with Gasteiger partial charge in [-0.2, -0.15) is 0 Å². The Morgan fingerprint density at radius 1 is 0.875 bits per heavy atom. The molecule has 2 aromatic rings. The van der Waals surface area contributed by atoms with Gasteiger partial charge in [0.1, 0.15) is 0 Å². The van der Waals surface area contributed by atoms with Gasteiger partial charge in [-0.05, 0) is 80.5 Å². The molecule has 4 rings (SSSR count). The fraction of sp³-hybridized carbons (Fsp3) is 0.440. The number of likely N-dealkylation sites (N-methyl/N-ethyl adjacent to an activating group) is 1. The number of nitrogens with zero attached hydrogens (tertiary/aromatic N) is 3. The Morgan fingerprint density at radius 2 is 1.53 bits per heavy atom. The van der Waals surface area contributed by atoms with Crippen LogP contribution >= 0.6 is 12.2 Å². The SMILES string of the molecule is CN1CCN(c2ccc(CNC(=S)Nc3ccc(C(=O)N4CCCCC4)cc3)cc2)CC1. The Hall–Kier alpha value is -2.64. The molecule has 2 aliphatic rings. The van der Waals surface area contributed by atoms with Crippen LogP contribution in [0.3, 0.4) is 0 Å². The fourth-order valence-electron chi connectivity index (χ4n) is 4.22. The summed E-state index contributed by atoms with van der Waals surface area (Å²) in [6, 6.07) is 16.3. The summed E-state index contributed by atoms with van der Waals surface area (Å²) in [6.07, 6.45) is 3.42. The highest BCUT2D eigenvalue weighted by molar-refractivity contribution is 7.80. The van der Waals surface area contributed by atoms with Crippen LogP contribution in [-0.2, 0) is 6.54 Å². The summed E-state index contributed by atoms with van der Waals surface area (Å²) in [7, 11) is 2.17. The van der Waals surface area contributed by atoms with Crippen molar-refractivity contribution < 1.29 is 4.79 Å². The normalized spacial score (nSPS) is 17.2. The summed E-state index contributed by atoms with van der Waals surface area (Å²) in [4.78, 5) is 19.3. The molecule has 0 unspecified atom stereocenters. The van der Waals surface area contributed by atoms with E-state index in [-0.39, 0.29) is 5.91 Å². The number of amides is 1. The minimum absolute atomic E-state index is 0.122. The molecule has 0 atom stereocenters. The third-order valence-corrected chi connectivity index (χ3v) is 6.54. The number of carbonyl (C=O) groups is 1. The van der Waals surface area contributed by atoms with Crippen LogP contribution in [0.5, 0.6) is 0 Å². The van der Waals surface area contributed by atoms with Crippen molar-refractivity contribution in [3.8, 4) is 0 Å². The number of anilines is 2. The van der Waals surface area contributed by atoms with Gasteiger partial charge in [0.25, 0.3) is 5.91 Å². The maximum atomic E-state index is 12.6. The summed E-state index contributed by atoms with van der Waals surface area (Å²) >= 11 is 5.45. The number of likely N-dealkylation sites (tertiary alicyclic amines) is 1. The average Bonchev–Trinajstić information content (AvgIpc) is 2.84. The molecule has 2 fully saturated rings. The molecular weight excluding hydrogens is 418 g/mol. The zero-order valence-corrected chi connectivity index (χ0v) is 19.7. The molecule has 0 spiro atoms. The molecule has 2 saturated heterocycles. The van der Waals surface area contributed by atoms with E-state index in [1.54, 1.807) is 0 Å². The van der Waals surface area contributed by atoms with E-state index in [4.69, 9.17) is 12.2 Å². The number of thiocarbonyl (C=S) groups is 1.